The van der Waals surface area contributed by atoms with Crippen LogP contribution in [-0.2, 0) is 6.54 Å². The summed E-state index contributed by atoms with van der Waals surface area (Å²) in [6, 6.07) is 6.29. The van der Waals surface area contributed by atoms with Gasteiger partial charge in [-0.15, -0.1) is 11.3 Å². The maximum atomic E-state index is 4.46. The van der Waals surface area contributed by atoms with Gasteiger partial charge in [0, 0.05) is 27.7 Å². The zero-order valence-corrected chi connectivity index (χ0v) is 11.7. The lowest BCUT2D eigenvalue weighted by Crippen LogP contribution is -2.02. The van der Waals surface area contributed by atoms with Crippen molar-refractivity contribution in [1.29, 1.82) is 0 Å². The Balaban J connectivity index is 2.35. The fourth-order valence-electron chi connectivity index (χ4n) is 1.56. The number of halogens is 1. The predicted octanol–water partition coefficient (Wildman–Crippen LogP) is 3.60. The maximum absolute atomic E-state index is 4.46. The van der Waals surface area contributed by atoms with Crippen molar-refractivity contribution in [3.63, 3.8) is 0 Å². The SMILES string of the molecule is CNCc1cnc(-c2ccc(Br)cc2C)s1. The van der Waals surface area contributed by atoms with E-state index in [9.17, 15) is 0 Å². The topological polar surface area (TPSA) is 24.9 Å². The molecule has 0 radical (unpaired) electrons. The molecule has 2 aromatic rings. The fourth-order valence-corrected chi connectivity index (χ4v) is 3.05. The molecule has 0 saturated heterocycles. The van der Waals surface area contributed by atoms with Crippen LogP contribution in [0.5, 0.6) is 0 Å². The summed E-state index contributed by atoms with van der Waals surface area (Å²) >= 11 is 5.21. The Bertz CT molecular complexity index is 494. The minimum Gasteiger partial charge on any atom is -0.315 e. The quantitative estimate of drug-likeness (QED) is 0.936. The molecule has 0 atom stereocenters. The minimum atomic E-state index is 0.882. The van der Waals surface area contributed by atoms with Crippen molar-refractivity contribution in [1.82, 2.24) is 10.3 Å². The highest BCUT2D eigenvalue weighted by atomic mass is 79.9. The molecule has 0 aliphatic rings. The average Bonchev–Trinajstić information content (AvgIpc) is 2.67. The van der Waals surface area contributed by atoms with E-state index in [1.54, 1.807) is 11.3 Å². The molecule has 1 aromatic carbocycles. The van der Waals surface area contributed by atoms with E-state index in [4.69, 9.17) is 0 Å². The molecular weight excluding hydrogens is 284 g/mol. The molecule has 0 aliphatic heterocycles. The first-order valence-corrected chi connectivity index (χ1v) is 6.67. The molecule has 2 nitrogen and oxygen atoms in total. The highest BCUT2D eigenvalue weighted by Gasteiger charge is 2.07. The van der Waals surface area contributed by atoms with Gasteiger partial charge in [-0.05, 0) is 31.7 Å². The lowest BCUT2D eigenvalue weighted by Gasteiger charge is -2.02. The van der Waals surface area contributed by atoms with Crippen LogP contribution in [0.3, 0.4) is 0 Å². The number of benzene rings is 1. The van der Waals surface area contributed by atoms with E-state index in [0.717, 1.165) is 16.0 Å². The van der Waals surface area contributed by atoms with Crippen LogP contribution in [0.15, 0.2) is 28.9 Å². The Morgan fingerprint density at radius 1 is 1.44 bits per heavy atom. The molecule has 0 fully saturated rings. The van der Waals surface area contributed by atoms with Gasteiger partial charge in [0.15, 0.2) is 0 Å². The largest absolute Gasteiger partial charge is 0.315 e. The van der Waals surface area contributed by atoms with Gasteiger partial charge in [-0.2, -0.15) is 0 Å². The second-order valence-electron chi connectivity index (χ2n) is 3.62. The predicted molar refractivity (Wildman–Crippen MR) is 72.8 cm³/mol. The molecule has 2 rings (SSSR count). The van der Waals surface area contributed by atoms with Crippen molar-refractivity contribution in [3.05, 3.63) is 39.3 Å². The van der Waals surface area contributed by atoms with E-state index in [-0.39, 0.29) is 0 Å². The van der Waals surface area contributed by atoms with Gasteiger partial charge in [-0.1, -0.05) is 22.0 Å². The third kappa shape index (κ3) is 2.51. The van der Waals surface area contributed by atoms with E-state index in [1.165, 1.54) is 16.0 Å². The van der Waals surface area contributed by atoms with Crippen molar-refractivity contribution in [2.45, 2.75) is 13.5 Å². The van der Waals surface area contributed by atoms with Crippen LogP contribution in [0, 0.1) is 6.92 Å². The Morgan fingerprint density at radius 2 is 2.25 bits per heavy atom. The standard InChI is InChI=1S/C12H13BrN2S/c1-8-5-9(13)3-4-11(8)12-15-7-10(16-12)6-14-2/h3-5,7,14H,6H2,1-2H3. The van der Waals surface area contributed by atoms with Crippen LogP contribution in [0.4, 0.5) is 0 Å². The third-order valence-corrected chi connectivity index (χ3v) is 3.85. The Kier molecular flexibility index (Phi) is 3.74. The van der Waals surface area contributed by atoms with Crippen molar-refractivity contribution < 1.29 is 0 Å². The third-order valence-electron chi connectivity index (χ3n) is 2.32. The van der Waals surface area contributed by atoms with Crippen LogP contribution in [0.1, 0.15) is 10.4 Å². The summed E-state index contributed by atoms with van der Waals surface area (Å²) in [5.41, 5.74) is 2.47. The van der Waals surface area contributed by atoms with E-state index in [2.05, 4.69) is 51.4 Å². The number of hydrogen-bond donors (Lipinski definition) is 1. The van der Waals surface area contributed by atoms with Crippen molar-refractivity contribution in [3.8, 4) is 10.6 Å². The summed E-state index contributed by atoms with van der Waals surface area (Å²) in [6.45, 7) is 2.99. The molecular formula is C12H13BrN2S. The summed E-state index contributed by atoms with van der Waals surface area (Å²) in [4.78, 5) is 5.72. The summed E-state index contributed by atoms with van der Waals surface area (Å²) < 4.78 is 1.11. The summed E-state index contributed by atoms with van der Waals surface area (Å²) in [6.07, 6.45) is 1.94. The van der Waals surface area contributed by atoms with Crippen LogP contribution in [0.2, 0.25) is 0 Å². The smallest absolute Gasteiger partial charge is 0.123 e. The van der Waals surface area contributed by atoms with Crippen LogP contribution >= 0.6 is 27.3 Å². The Labute approximate surface area is 108 Å². The molecule has 0 unspecified atom stereocenters. The molecule has 16 heavy (non-hydrogen) atoms. The average molecular weight is 297 g/mol. The monoisotopic (exact) mass is 296 g/mol. The van der Waals surface area contributed by atoms with Gasteiger partial charge in [-0.25, -0.2) is 4.98 Å². The fraction of sp³-hybridized carbons (Fsp3) is 0.250. The number of nitrogens with one attached hydrogen (secondary N) is 1. The van der Waals surface area contributed by atoms with E-state index >= 15 is 0 Å². The number of nitrogens with zero attached hydrogens (tertiary/aromatic N) is 1. The highest BCUT2D eigenvalue weighted by Crippen LogP contribution is 2.29. The summed E-state index contributed by atoms with van der Waals surface area (Å²) in [5, 5.41) is 4.23. The molecule has 0 amide bonds. The molecule has 1 N–H and O–H groups in total. The van der Waals surface area contributed by atoms with Crippen LogP contribution in [0.25, 0.3) is 10.6 Å². The molecule has 0 saturated carbocycles. The zero-order valence-electron chi connectivity index (χ0n) is 9.25. The van der Waals surface area contributed by atoms with Gasteiger partial charge in [0.05, 0.1) is 0 Å². The van der Waals surface area contributed by atoms with Crippen molar-refractivity contribution in [2.75, 3.05) is 7.05 Å². The first-order valence-electron chi connectivity index (χ1n) is 5.06. The van der Waals surface area contributed by atoms with E-state index < -0.39 is 0 Å². The van der Waals surface area contributed by atoms with Crippen LogP contribution in [-0.4, -0.2) is 12.0 Å². The lowest BCUT2D eigenvalue weighted by molar-refractivity contribution is 0.829. The van der Waals surface area contributed by atoms with Crippen molar-refractivity contribution in [2.24, 2.45) is 0 Å². The van der Waals surface area contributed by atoms with E-state index in [0.29, 0.717) is 0 Å². The molecule has 84 valence electrons. The first kappa shape index (κ1) is 11.8. The molecule has 0 spiro atoms. The van der Waals surface area contributed by atoms with Gasteiger partial charge >= 0.3 is 0 Å². The number of thiazole rings is 1. The second kappa shape index (κ2) is 5.08. The lowest BCUT2D eigenvalue weighted by atomic mass is 10.1. The van der Waals surface area contributed by atoms with Gasteiger partial charge in [0.2, 0.25) is 0 Å². The maximum Gasteiger partial charge on any atom is 0.123 e. The van der Waals surface area contributed by atoms with Crippen LogP contribution < -0.4 is 5.32 Å². The summed E-state index contributed by atoms with van der Waals surface area (Å²) in [5.74, 6) is 0. The van der Waals surface area contributed by atoms with E-state index in [1.807, 2.05) is 13.2 Å². The molecule has 4 heteroatoms. The zero-order chi connectivity index (χ0) is 11.5. The summed E-state index contributed by atoms with van der Waals surface area (Å²) in [7, 11) is 1.95. The van der Waals surface area contributed by atoms with Gasteiger partial charge in [0.1, 0.15) is 5.01 Å². The Morgan fingerprint density at radius 3 is 2.94 bits per heavy atom. The molecule has 0 bridgehead atoms. The minimum absolute atomic E-state index is 0.882. The number of rotatable bonds is 3. The normalized spacial score (nSPS) is 10.7. The Hall–Kier alpha value is -0.710. The second-order valence-corrected chi connectivity index (χ2v) is 5.65. The number of aromatic nitrogens is 1. The molecule has 0 aliphatic carbocycles. The first-order chi connectivity index (χ1) is 7.70. The van der Waals surface area contributed by atoms with Crippen molar-refractivity contribution >= 4 is 27.3 Å². The molecule has 1 aromatic heterocycles. The number of hydrogen-bond acceptors (Lipinski definition) is 3. The van der Waals surface area contributed by atoms with Gasteiger partial charge < -0.3 is 5.32 Å². The van der Waals surface area contributed by atoms with Gasteiger partial charge in [-0.3, -0.25) is 0 Å². The molecule has 1 heterocycles. The number of aryl methyl sites for hydroxylation is 1. The van der Waals surface area contributed by atoms with Gasteiger partial charge in [0.25, 0.3) is 0 Å². The highest BCUT2D eigenvalue weighted by molar-refractivity contribution is 9.10.